The summed E-state index contributed by atoms with van der Waals surface area (Å²) in [5, 5.41) is 7.90. The smallest absolute Gasteiger partial charge is 0.200 e. The maximum Gasteiger partial charge on any atom is 0.200 e. The fourth-order valence-corrected chi connectivity index (χ4v) is 5.37. The summed E-state index contributed by atoms with van der Waals surface area (Å²) < 4.78 is 91.5. The van der Waals surface area contributed by atoms with Crippen LogP contribution in [0.15, 0.2) is 5.16 Å². The van der Waals surface area contributed by atoms with Crippen molar-refractivity contribution in [3.8, 4) is 0 Å². The molecule has 1 atom stereocenters. The summed E-state index contributed by atoms with van der Waals surface area (Å²) in [6, 6.07) is 0. The minimum Gasteiger partial charge on any atom is -0.309 e. The standard InChI is InChI=1S/C14H12F5N3O2S2/c1-22-13(6-2-3-26(23,24)5-6)20-21-14(22)25-4-7-8(15)10(17)12(19)11(18)9(7)16/h6H,2-5H2,1H3/t6-/m0/s1. The minimum atomic E-state index is -3.14. The third-order valence-corrected chi connectivity index (χ3v) is 6.93. The number of rotatable bonds is 4. The molecule has 1 aliphatic rings. The maximum absolute atomic E-state index is 13.7. The molecule has 0 N–H and O–H groups in total. The van der Waals surface area contributed by atoms with Crippen molar-refractivity contribution in [1.82, 2.24) is 14.8 Å². The largest absolute Gasteiger partial charge is 0.309 e. The summed E-state index contributed by atoms with van der Waals surface area (Å²) in [6.45, 7) is 0. The highest BCUT2D eigenvalue weighted by Crippen LogP contribution is 2.32. The van der Waals surface area contributed by atoms with Gasteiger partial charge in [0.25, 0.3) is 0 Å². The van der Waals surface area contributed by atoms with Crippen LogP contribution in [0.5, 0.6) is 0 Å². The Morgan fingerprint density at radius 2 is 1.62 bits per heavy atom. The molecule has 0 spiro atoms. The predicted molar refractivity (Wildman–Crippen MR) is 82.8 cm³/mol. The van der Waals surface area contributed by atoms with E-state index < -0.39 is 50.2 Å². The number of thioether (sulfide) groups is 1. The number of hydrogen-bond donors (Lipinski definition) is 0. The zero-order valence-electron chi connectivity index (χ0n) is 13.3. The van der Waals surface area contributed by atoms with E-state index in [1.807, 2.05) is 0 Å². The molecule has 12 heteroatoms. The Hall–Kier alpha value is -1.69. The monoisotopic (exact) mass is 413 g/mol. The van der Waals surface area contributed by atoms with Gasteiger partial charge in [-0.05, 0) is 6.42 Å². The first-order valence-corrected chi connectivity index (χ1v) is 10.2. The Labute approximate surface area is 149 Å². The first kappa shape index (κ1) is 19.1. The second kappa shape index (κ2) is 6.80. The highest BCUT2D eigenvalue weighted by Gasteiger charge is 2.33. The van der Waals surface area contributed by atoms with Crippen LogP contribution in [-0.4, -0.2) is 34.7 Å². The van der Waals surface area contributed by atoms with Gasteiger partial charge in [-0.15, -0.1) is 10.2 Å². The Morgan fingerprint density at radius 3 is 2.15 bits per heavy atom. The Kier molecular flexibility index (Phi) is 4.99. The van der Waals surface area contributed by atoms with Crippen molar-refractivity contribution in [3.63, 3.8) is 0 Å². The van der Waals surface area contributed by atoms with E-state index in [1.54, 1.807) is 7.05 Å². The third kappa shape index (κ3) is 3.31. The van der Waals surface area contributed by atoms with E-state index in [0.29, 0.717) is 12.2 Å². The molecular formula is C14H12F5N3O2S2. The molecule has 0 radical (unpaired) electrons. The van der Waals surface area contributed by atoms with Crippen LogP contribution in [0.2, 0.25) is 0 Å². The molecule has 0 bridgehead atoms. The molecule has 0 aliphatic carbocycles. The van der Waals surface area contributed by atoms with Gasteiger partial charge in [0.2, 0.25) is 5.82 Å². The molecule has 2 heterocycles. The highest BCUT2D eigenvalue weighted by atomic mass is 32.2. The van der Waals surface area contributed by atoms with E-state index in [-0.39, 0.29) is 22.6 Å². The van der Waals surface area contributed by atoms with Gasteiger partial charge in [0.05, 0.1) is 11.5 Å². The lowest BCUT2D eigenvalue weighted by atomic mass is 10.1. The van der Waals surface area contributed by atoms with Crippen molar-refractivity contribution in [1.29, 1.82) is 0 Å². The van der Waals surface area contributed by atoms with E-state index in [4.69, 9.17) is 0 Å². The Bertz CT molecular complexity index is 948. The van der Waals surface area contributed by atoms with Crippen molar-refractivity contribution in [3.05, 3.63) is 40.5 Å². The molecule has 142 valence electrons. The normalized spacial score (nSPS) is 19.2. The molecule has 1 saturated heterocycles. The second-order valence-electron chi connectivity index (χ2n) is 5.84. The van der Waals surface area contributed by atoms with Crippen LogP contribution in [-0.2, 0) is 22.6 Å². The van der Waals surface area contributed by atoms with Gasteiger partial charge in [-0.25, -0.2) is 30.4 Å². The molecule has 5 nitrogen and oxygen atoms in total. The molecular weight excluding hydrogens is 401 g/mol. The van der Waals surface area contributed by atoms with E-state index in [0.717, 1.165) is 11.8 Å². The van der Waals surface area contributed by atoms with E-state index in [2.05, 4.69) is 10.2 Å². The van der Waals surface area contributed by atoms with Gasteiger partial charge >= 0.3 is 0 Å². The van der Waals surface area contributed by atoms with Crippen molar-refractivity contribution in [2.75, 3.05) is 11.5 Å². The van der Waals surface area contributed by atoms with E-state index in [9.17, 15) is 30.4 Å². The third-order valence-electron chi connectivity index (χ3n) is 4.11. The second-order valence-corrected chi connectivity index (χ2v) is 9.01. The Balaban J connectivity index is 1.82. The quantitative estimate of drug-likeness (QED) is 0.334. The van der Waals surface area contributed by atoms with E-state index >= 15 is 0 Å². The zero-order chi connectivity index (χ0) is 19.2. The fraction of sp³-hybridized carbons (Fsp3) is 0.429. The van der Waals surface area contributed by atoms with Crippen molar-refractivity contribution >= 4 is 21.6 Å². The molecule has 26 heavy (non-hydrogen) atoms. The van der Waals surface area contributed by atoms with Gasteiger partial charge in [-0.3, -0.25) is 0 Å². The van der Waals surface area contributed by atoms with Crippen LogP contribution < -0.4 is 0 Å². The molecule has 1 aromatic heterocycles. The Morgan fingerprint density at radius 1 is 1.04 bits per heavy atom. The lowest BCUT2D eigenvalue weighted by Crippen LogP contribution is -2.09. The molecule has 0 unspecified atom stereocenters. The molecule has 0 amide bonds. The summed E-state index contributed by atoms with van der Waals surface area (Å²) in [5.74, 6) is -10.5. The van der Waals surface area contributed by atoms with Gasteiger partial charge in [0.1, 0.15) is 5.82 Å². The van der Waals surface area contributed by atoms with Crippen LogP contribution in [0.4, 0.5) is 22.0 Å². The average molecular weight is 413 g/mol. The fourth-order valence-electron chi connectivity index (χ4n) is 2.72. The van der Waals surface area contributed by atoms with E-state index in [1.165, 1.54) is 4.57 Å². The van der Waals surface area contributed by atoms with Crippen LogP contribution in [0.25, 0.3) is 0 Å². The number of nitrogens with zero attached hydrogens (tertiary/aromatic N) is 3. The summed E-state index contributed by atoms with van der Waals surface area (Å²) in [6.07, 6.45) is 0.386. The first-order valence-electron chi connectivity index (χ1n) is 7.35. The summed E-state index contributed by atoms with van der Waals surface area (Å²) in [7, 11) is -1.59. The van der Waals surface area contributed by atoms with Gasteiger partial charge in [-0.2, -0.15) is 0 Å². The molecule has 1 aliphatic heterocycles. The first-order chi connectivity index (χ1) is 12.1. The van der Waals surface area contributed by atoms with Crippen molar-refractivity contribution in [2.45, 2.75) is 23.2 Å². The molecule has 0 saturated carbocycles. The van der Waals surface area contributed by atoms with Gasteiger partial charge in [0.15, 0.2) is 38.3 Å². The lowest BCUT2D eigenvalue weighted by molar-refractivity contribution is 0.372. The number of sulfone groups is 1. The number of benzene rings is 1. The summed E-state index contributed by atoms with van der Waals surface area (Å²) >= 11 is 0.735. The van der Waals surface area contributed by atoms with Crippen LogP contribution in [0.1, 0.15) is 23.7 Å². The molecule has 1 aromatic carbocycles. The average Bonchev–Trinajstić information content (AvgIpc) is 3.13. The van der Waals surface area contributed by atoms with Crippen molar-refractivity contribution < 1.29 is 30.4 Å². The topological polar surface area (TPSA) is 64.8 Å². The SMILES string of the molecule is Cn1c(SCc2c(F)c(F)c(F)c(F)c2F)nnc1[C@H]1CCS(=O)(=O)C1. The summed E-state index contributed by atoms with van der Waals surface area (Å²) in [4.78, 5) is 0. The molecule has 3 rings (SSSR count). The van der Waals surface area contributed by atoms with Gasteiger partial charge < -0.3 is 4.57 Å². The van der Waals surface area contributed by atoms with Crippen LogP contribution >= 0.6 is 11.8 Å². The number of hydrogen-bond acceptors (Lipinski definition) is 5. The van der Waals surface area contributed by atoms with Crippen molar-refractivity contribution in [2.24, 2.45) is 7.05 Å². The molecule has 1 fully saturated rings. The van der Waals surface area contributed by atoms with Gasteiger partial charge in [0, 0.05) is 24.3 Å². The number of halogens is 5. The van der Waals surface area contributed by atoms with Crippen LogP contribution in [0, 0.1) is 29.1 Å². The highest BCUT2D eigenvalue weighted by molar-refractivity contribution is 7.98. The predicted octanol–water partition coefficient (Wildman–Crippen LogP) is 2.71. The minimum absolute atomic E-state index is 0.0392. The van der Waals surface area contributed by atoms with Gasteiger partial charge in [-0.1, -0.05) is 11.8 Å². The maximum atomic E-state index is 13.7. The number of aromatic nitrogens is 3. The zero-order valence-corrected chi connectivity index (χ0v) is 14.9. The van der Waals surface area contributed by atoms with Crippen LogP contribution in [0.3, 0.4) is 0 Å². The summed E-state index contributed by atoms with van der Waals surface area (Å²) in [5.41, 5.74) is -0.959. The lowest BCUT2D eigenvalue weighted by Gasteiger charge is -2.09. The molecule has 2 aromatic rings.